The molecule has 6 nitrogen and oxygen atoms in total. The largest absolute Gasteiger partial charge is 0.456 e. The molecule has 0 saturated carbocycles. The average molecular weight is 555 g/mol. The van der Waals surface area contributed by atoms with E-state index in [1.165, 1.54) is 0 Å². The van der Waals surface area contributed by atoms with Crippen molar-refractivity contribution in [1.29, 1.82) is 0 Å². The highest BCUT2D eigenvalue weighted by Crippen LogP contribution is 2.58. The summed E-state index contributed by atoms with van der Waals surface area (Å²) in [5.74, 6) is 0.849. The number of carbonyl (C=O) groups is 2. The topological polar surface area (TPSA) is 59.1 Å². The van der Waals surface area contributed by atoms with Gasteiger partial charge in [0.25, 0.3) is 0 Å². The summed E-state index contributed by atoms with van der Waals surface area (Å²) in [7, 11) is 0. The lowest BCUT2D eigenvalue weighted by Gasteiger charge is -2.38. The van der Waals surface area contributed by atoms with Gasteiger partial charge >= 0.3 is 5.97 Å². The average Bonchev–Trinajstić information content (AvgIpc) is 3.30. The Labute approximate surface area is 244 Å². The first-order valence-electron chi connectivity index (χ1n) is 14.3. The molecule has 1 unspecified atom stereocenters. The van der Waals surface area contributed by atoms with Crippen molar-refractivity contribution in [2.24, 2.45) is 0 Å². The summed E-state index contributed by atoms with van der Waals surface area (Å²) in [5.41, 5.74) is 4.31. The molecule has 1 amide bonds. The Balaban J connectivity index is 1.47. The second kappa shape index (κ2) is 9.77. The highest BCUT2D eigenvalue weighted by atomic mass is 16.6. The first-order valence-corrected chi connectivity index (χ1v) is 14.3. The van der Waals surface area contributed by atoms with Crippen LogP contribution in [0.3, 0.4) is 0 Å². The maximum Gasteiger partial charge on any atom is 0.340 e. The van der Waals surface area contributed by atoms with E-state index in [0.717, 1.165) is 57.6 Å². The Morgan fingerprint density at radius 2 is 1.48 bits per heavy atom. The van der Waals surface area contributed by atoms with Gasteiger partial charge in [-0.2, -0.15) is 0 Å². The van der Waals surface area contributed by atoms with Gasteiger partial charge in [-0.1, -0.05) is 48.5 Å². The Bertz CT molecular complexity index is 1880. The van der Waals surface area contributed by atoms with Gasteiger partial charge in [0, 0.05) is 54.3 Å². The van der Waals surface area contributed by atoms with Crippen LogP contribution in [0.4, 0.5) is 17.1 Å². The number of anilines is 3. The van der Waals surface area contributed by atoms with E-state index in [1.54, 1.807) is 11.8 Å². The number of nitrogens with zero attached hydrogens (tertiary/aromatic N) is 2. The van der Waals surface area contributed by atoms with E-state index in [4.69, 9.17) is 9.47 Å². The molecule has 2 heterocycles. The number of benzene rings is 5. The molecule has 6 heteroatoms. The molecule has 1 atom stereocenters. The Kier molecular flexibility index (Phi) is 6.01. The van der Waals surface area contributed by atoms with Crippen LogP contribution in [0.15, 0.2) is 103 Å². The van der Waals surface area contributed by atoms with E-state index < -0.39 is 5.60 Å². The number of para-hydroxylation sites is 1. The number of carbonyl (C=O) groups excluding carboxylic acids is 2. The third kappa shape index (κ3) is 3.72. The van der Waals surface area contributed by atoms with Gasteiger partial charge in [0.05, 0.1) is 11.1 Å². The monoisotopic (exact) mass is 554 g/mol. The molecule has 0 N–H and O–H groups in total. The third-order valence-corrected chi connectivity index (χ3v) is 8.37. The van der Waals surface area contributed by atoms with Crippen LogP contribution in [0.2, 0.25) is 0 Å². The molecule has 2 aliphatic rings. The van der Waals surface area contributed by atoms with Crippen LogP contribution in [0.1, 0.15) is 47.8 Å². The predicted octanol–water partition coefficient (Wildman–Crippen LogP) is 7.94. The second-order valence-corrected chi connectivity index (χ2v) is 10.6. The Hall–Kier alpha value is -5.10. The molecule has 0 aliphatic carbocycles. The number of rotatable bonds is 5. The number of esters is 1. The van der Waals surface area contributed by atoms with Crippen LogP contribution in [0.5, 0.6) is 11.5 Å². The lowest BCUT2D eigenvalue weighted by Crippen LogP contribution is -2.33. The molecular weight excluding hydrogens is 524 g/mol. The molecule has 42 heavy (non-hydrogen) atoms. The van der Waals surface area contributed by atoms with Crippen LogP contribution in [0.25, 0.3) is 10.8 Å². The Morgan fingerprint density at radius 3 is 2.24 bits per heavy atom. The minimum Gasteiger partial charge on any atom is -0.456 e. The molecule has 208 valence electrons. The van der Waals surface area contributed by atoms with E-state index in [0.29, 0.717) is 17.1 Å². The highest BCUT2D eigenvalue weighted by Gasteiger charge is 2.54. The smallest absolute Gasteiger partial charge is 0.340 e. The van der Waals surface area contributed by atoms with E-state index in [1.807, 2.05) is 97.1 Å². The fraction of sp³-hybridized carbons (Fsp3) is 0.167. The zero-order valence-electron chi connectivity index (χ0n) is 23.8. The zero-order chi connectivity index (χ0) is 29.0. The fourth-order valence-electron chi connectivity index (χ4n) is 6.50. The molecule has 1 spiro atoms. The maximum absolute atomic E-state index is 13.4. The van der Waals surface area contributed by atoms with Crippen molar-refractivity contribution < 1.29 is 19.1 Å². The minimum atomic E-state index is -1.18. The summed E-state index contributed by atoms with van der Waals surface area (Å²) in [6, 6.07) is 33.2. The standard InChI is InChI=1S/C36H30N2O4/c1-4-37(5-2)26-17-19-31-33(22-26)41-32-20-15-24-21-27(38(23(3)39)25-11-7-6-8-12-25)16-18-28(24)34(32)36(31)30-14-10-9-13-29(30)35(40)42-36/h6-22H,4-5H2,1-3H3. The van der Waals surface area contributed by atoms with Crippen LogP contribution in [-0.4, -0.2) is 25.0 Å². The molecule has 0 aromatic heterocycles. The third-order valence-electron chi connectivity index (χ3n) is 8.37. The van der Waals surface area contributed by atoms with Crippen molar-refractivity contribution in [2.45, 2.75) is 26.4 Å². The zero-order valence-corrected chi connectivity index (χ0v) is 23.8. The first kappa shape index (κ1) is 25.8. The van der Waals surface area contributed by atoms with Gasteiger partial charge in [0.1, 0.15) is 11.5 Å². The SMILES string of the molecule is CCN(CC)c1ccc2c(c1)Oc1ccc3cc(N(C(C)=O)c4ccccc4)ccc3c1C21OC(=O)c2ccccc21. The number of hydrogen-bond acceptors (Lipinski definition) is 5. The van der Waals surface area contributed by atoms with Gasteiger partial charge in [-0.15, -0.1) is 0 Å². The van der Waals surface area contributed by atoms with Crippen molar-refractivity contribution in [3.8, 4) is 11.5 Å². The molecule has 7 rings (SSSR count). The molecule has 0 bridgehead atoms. The van der Waals surface area contributed by atoms with Gasteiger partial charge in [-0.3, -0.25) is 9.69 Å². The molecule has 5 aromatic carbocycles. The van der Waals surface area contributed by atoms with Crippen LogP contribution in [0, 0.1) is 0 Å². The van der Waals surface area contributed by atoms with E-state index >= 15 is 0 Å². The van der Waals surface area contributed by atoms with Crippen molar-refractivity contribution in [2.75, 3.05) is 22.9 Å². The lowest BCUT2D eigenvalue weighted by atomic mass is 9.76. The van der Waals surface area contributed by atoms with Gasteiger partial charge in [-0.05, 0) is 73.2 Å². The normalized spacial score (nSPS) is 16.3. The minimum absolute atomic E-state index is 0.0881. The summed E-state index contributed by atoms with van der Waals surface area (Å²) < 4.78 is 13.1. The number of amides is 1. The number of hydrogen-bond donors (Lipinski definition) is 0. The molecule has 5 aromatic rings. The summed E-state index contributed by atoms with van der Waals surface area (Å²) in [5, 5.41) is 1.79. The summed E-state index contributed by atoms with van der Waals surface area (Å²) in [4.78, 5) is 30.2. The summed E-state index contributed by atoms with van der Waals surface area (Å²) >= 11 is 0. The number of fused-ring (bicyclic) bond motifs is 8. The van der Waals surface area contributed by atoms with Crippen LogP contribution >= 0.6 is 0 Å². The highest BCUT2D eigenvalue weighted by molar-refractivity contribution is 6.03. The van der Waals surface area contributed by atoms with E-state index in [2.05, 4.69) is 24.8 Å². The predicted molar refractivity (Wildman–Crippen MR) is 165 cm³/mol. The van der Waals surface area contributed by atoms with Crippen LogP contribution in [-0.2, 0) is 15.1 Å². The molecular formula is C36H30N2O4. The van der Waals surface area contributed by atoms with Crippen molar-refractivity contribution in [3.63, 3.8) is 0 Å². The quantitative estimate of drug-likeness (QED) is 0.207. The van der Waals surface area contributed by atoms with Crippen LogP contribution < -0.4 is 14.5 Å². The van der Waals surface area contributed by atoms with Crippen molar-refractivity contribution in [3.05, 3.63) is 125 Å². The summed E-state index contributed by atoms with van der Waals surface area (Å²) in [6.45, 7) is 7.54. The first-order chi connectivity index (χ1) is 20.5. The lowest BCUT2D eigenvalue weighted by molar-refractivity contribution is -0.115. The molecule has 0 radical (unpaired) electrons. The van der Waals surface area contributed by atoms with Gasteiger partial charge in [-0.25, -0.2) is 4.79 Å². The second-order valence-electron chi connectivity index (χ2n) is 10.6. The van der Waals surface area contributed by atoms with E-state index in [-0.39, 0.29) is 11.9 Å². The van der Waals surface area contributed by atoms with Gasteiger partial charge in [0.15, 0.2) is 5.60 Å². The van der Waals surface area contributed by atoms with Crippen molar-refractivity contribution in [1.82, 2.24) is 0 Å². The van der Waals surface area contributed by atoms with Crippen molar-refractivity contribution >= 4 is 39.7 Å². The number of ether oxygens (including phenoxy) is 2. The molecule has 2 aliphatic heterocycles. The summed E-state index contributed by atoms with van der Waals surface area (Å²) in [6.07, 6.45) is 0. The Morgan fingerprint density at radius 1 is 0.738 bits per heavy atom. The maximum atomic E-state index is 13.4. The van der Waals surface area contributed by atoms with Gasteiger partial charge < -0.3 is 14.4 Å². The van der Waals surface area contributed by atoms with E-state index in [9.17, 15) is 9.59 Å². The fourth-order valence-corrected chi connectivity index (χ4v) is 6.50. The molecule has 0 saturated heterocycles. The van der Waals surface area contributed by atoms with Gasteiger partial charge in [0.2, 0.25) is 5.91 Å². The molecule has 0 fully saturated rings.